The highest BCUT2D eigenvalue weighted by Crippen LogP contribution is 2.35. The maximum atomic E-state index is 16.5. The third-order valence-electron chi connectivity index (χ3n) is 13.9. The molecule has 16 nitrogen and oxygen atoms in total. The smallest absolute Gasteiger partial charge is 0.254 e. The van der Waals surface area contributed by atoms with Gasteiger partial charge in [-0.1, -0.05) is 25.1 Å². The largest absolute Gasteiger partial charge is 0.492 e. The van der Waals surface area contributed by atoms with Crippen LogP contribution < -0.4 is 24.8 Å². The van der Waals surface area contributed by atoms with E-state index in [0.717, 1.165) is 94.3 Å². The number of benzene rings is 5. The molecule has 19 heteroatoms. The molecule has 0 bridgehead atoms. The number of halogens is 1. The number of fused-ring (bicyclic) bond motifs is 3. The molecule has 390 valence electrons. The van der Waals surface area contributed by atoms with Gasteiger partial charge in [0.05, 0.1) is 36.5 Å². The van der Waals surface area contributed by atoms with Gasteiger partial charge in [-0.15, -0.1) is 0 Å². The van der Waals surface area contributed by atoms with Crippen LogP contribution in [-0.2, 0) is 39.2 Å². The Morgan fingerprint density at radius 1 is 0.813 bits per heavy atom. The molecule has 1 unspecified atom stereocenters. The monoisotopic (exact) mass is 1060 g/mol. The number of ether oxygens (including phenoxy) is 3. The minimum atomic E-state index is -4.05. The Hall–Kier alpha value is -7.35. The van der Waals surface area contributed by atoms with Crippen molar-refractivity contribution in [3.63, 3.8) is 0 Å². The summed E-state index contributed by atoms with van der Waals surface area (Å²) in [5, 5.41) is 6.87. The fourth-order valence-corrected chi connectivity index (χ4v) is 11.7. The topological polar surface area (TPSA) is 202 Å². The Labute approximate surface area is 435 Å². The minimum absolute atomic E-state index is 0.0227. The quantitative estimate of drug-likeness (QED) is 0.0831. The van der Waals surface area contributed by atoms with E-state index >= 15 is 4.39 Å². The van der Waals surface area contributed by atoms with Crippen LogP contribution in [0, 0.1) is 12.7 Å². The molecule has 1 fully saturated rings. The zero-order valence-electron chi connectivity index (χ0n) is 41.9. The van der Waals surface area contributed by atoms with E-state index in [1.165, 1.54) is 31.2 Å². The number of H-pyrrole nitrogens is 1. The Kier molecular flexibility index (Phi) is 14.6. The van der Waals surface area contributed by atoms with Gasteiger partial charge in [0.15, 0.2) is 19.7 Å². The first-order valence-electron chi connectivity index (χ1n) is 25.1. The number of amides is 2. The van der Waals surface area contributed by atoms with Gasteiger partial charge in [0.25, 0.3) is 11.8 Å². The van der Waals surface area contributed by atoms with Crippen LogP contribution in [0.5, 0.6) is 17.2 Å². The molecule has 0 aliphatic carbocycles. The van der Waals surface area contributed by atoms with Crippen LogP contribution in [-0.4, -0.2) is 117 Å². The molecular formula is C56H58FN7O9S2. The summed E-state index contributed by atoms with van der Waals surface area (Å²) in [4.78, 5) is 43.7. The maximum Gasteiger partial charge on any atom is 0.254 e. The fourth-order valence-electron chi connectivity index (χ4n) is 9.92. The summed E-state index contributed by atoms with van der Waals surface area (Å²) in [7, 11) is -7.90. The first kappa shape index (κ1) is 51.1. The van der Waals surface area contributed by atoms with E-state index < -0.39 is 36.3 Å². The number of nitrogens with one attached hydrogen (secondary N) is 3. The van der Waals surface area contributed by atoms with Crippen LogP contribution in [0.15, 0.2) is 113 Å². The van der Waals surface area contributed by atoms with E-state index in [4.69, 9.17) is 14.2 Å². The molecule has 1 atom stereocenters. The third kappa shape index (κ3) is 11.2. The number of aromatic amines is 1. The molecule has 0 spiro atoms. The lowest BCUT2D eigenvalue weighted by atomic mass is 10.00. The van der Waals surface area contributed by atoms with Gasteiger partial charge in [-0.25, -0.2) is 31.2 Å². The molecule has 3 aliphatic rings. The maximum absolute atomic E-state index is 16.5. The molecular weight excluding hydrogens is 998 g/mol. The second-order valence-electron chi connectivity index (χ2n) is 19.1. The number of sulfone groups is 2. The Morgan fingerprint density at radius 2 is 1.48 bits per heavy atom. The summed E-state index contributed by atoms with van der Waals surface area (Å²) in [6, 6.07) is 28.5. The molecule has 3 aliphatic heterocycles. The lowest BCUT2D eigenvalue weighted by molar-refractivity contribution is 0.0725. The molecule has 75 heavy (non-hydrogen) atoms. The Balaban J connectivity index is 0.851. The lowest BCUT2D eigenvalue weighted by Crippen LogP contribution is -2.33. The number of imidazole rings is 1. The van der Waals surface area contributed by atoms with E-state index in [0.29, 0.717) is 17.5 Å². The van der Waals surface area contributed by atoms with Gasteiger partial charge < -0.3 is 39.6 Å². The van der Waals surface area contributed by atoms with Crippen LogP contribution in [0.3, 0.4) is 0 Å². The van der Waals surface area contributed by atoms with Crippen molar-refractivity contribution in [1.29, 1.82) is 0 Å². The minimum Gasteiger partial charge on any atom is -0.492 e. The lowest BCUT2D eigenvalue weighted by Gasteiger charge is -2.23. The van der Waals surface area contributed by atoms with Crippen molar-refractivity contribution in [2.24, 2.45) is 0 Å². The number of hydrogen-bond donors (Lipinski definition) is 3. The average molecular weight is 1060 g/mol. The molecule has 7 aromatic rings. The molecule has 5 heterocycles. The van der Waals surface area contributed by atoms with Crippen molar-refractivity contribution in [3.05, 3.63) is 143 Å². The molecule has 0 radical (unpaired) electrons. The number of aryl methyl sites for hydroxylation is 1. The summed E-state index contributed by atoms with van der Waals surface area (Å²) in [6.07, 6.45) is 4.87. The van der Waals surface area contributed by atoms with E-state index in [1.54, 1.807) is 16.0 Å². The second-order valence-corrected chi connectivity index (χ2v) is 23.4. The number of pyridine rings is 1. The number of anilines is 1. The zero-order chi connectivity index (χ0) is 52.4. The highest BCUT2D eigenvalue weighted by molar-refractivity contribution is 7.91. The summed E-state index contributed by atoms with van der Waals surface area (Å²) >= 11 is 0. The first-order chi connectivity index (χ1) is 36.1. The number of nitrogens with zero attached hydrogens (tertiary/aromatic N) is 4. The molecule has 0 saturated carbocycles. The summed E-state index contributed by atoms with van der Waals surface area (Å²) in [5.41, 5.74) is 6.96. The van der Waals surface area contributed by atoms with Crippen LogP contribution in [0.2, 0.25) is 0 Å². The van der Waals surface area contributed by atoms with Gasteiger partial charge >= 0.3 is 0 Å². The Morgan fingerprint density at radius 3 is 2.15 bits per heavy atom. The van der Waals surface area contributed by atoms with Gasteiger partial charge in [-0.3, -0.25) is 9.59 Å². The predicted octanol–water partition coefficient (Wildman–Crippen LogP) is 8.18. The molecule has 5 aromatic carbocycles. The van der Waals surface area contributed by atoms with Gasteiger partial charge in [-0.2, -0.15) is 0 Å². The Bertz CT molecular complexity index is 3550. The number of carbonyl (C=O) groups excluding carboxylic acids is 2. The third-order valence-corrected chi connectivity index (χ3v) is 16.8. The highest BCUT2D eigenvalue weighted by atomic mass is 32.2. The molecule has 1 saturated heterocycles. The number of aromatic nitrogens is 3. The van der Waals surface area contributed by atoms with Gasteiger partial charge in [0.1, 0.15) is 57.7 Å². The summed E-state index contributed by atoms with van der Waals surface area (Å²) in [6.45, 7) is 6.22. The SMILES string of the molecule is CCS(=O)(=O)c1ccc(C(=O)N2CCOc3ccc(-c4ccc5nc(C)[nH]c5c4)cc3C2)cc1OCCCc1c(C(=O)N2CCOc3ccc(-c4ccc(NCC5CCCN5)nc4)cc3C2)ccc(S(C)(=O)=O)c1F. The van der Waals surface area contributed by atoms with Crippen molar-refractivity contribution in [2.45, 2.75) is 68.5 Å². The fraction of sp³-hybridized carbons (Fsp3) is 0.321. The van der Waals surface area contributed by atoms with E-state index in [9.17, 15) is 26.4 Å². The van der Waals surface area contributed by atoms with Crippen molar-refractivity contribution in [1.82, 2.24) is 30.1 Å². The average Bonchev–Trinajstić information content (AvgIpc) is 3.94. The predicted molar refractivity (Wildman–Crippen MR) is 283 cm³/mol. The van der Waals surface area contributed by atoms with Crippen molar-refractivity contribution >= 4 is 48.3 Å². The zero-order valence-corrected chi connectivity index (χ0v) is 43.6. The normalized spacial score (nSPS) is 15.8. The van der Waals surface area contributed by atoms with Crippen LogP contribution in [0.1, 0.15) is 69.4 Å². The van der Waals surface area contributed by atoms with Crippen molar-refractivity contribution < 1.29 is 45.0 Å². The van der Waals surface area contributed by atoms with E-state index in [-0.39, 0.29) is 97.8 Å². The standard InChI is InChI=1S/C56H58FN7O9S2/c1-4-75(69,70)51-18-12-39(55(65)63-22-25-72-48-16-10-36(27-41(48)33-63)38-9-15-46-47(29-38)62-35(2)61-46)30-50(51)71-24-6-8-44-45(14-19-52(54(44)57)74(3,67)68)56(66)64-23-26-73-49-17-11-37(28-42(49)34-64)40-13-20-53(59-31-40)60-32-43-7-5-21-58-43/h9-20,27-31,43,58H,4-8,21-26,32-34H2,1-3H3,(H,59,60)(H,61,62). The van der Waals surface area contributed by atoms with Crippen molar-refractivity contribution in [3.8, 4) is 39.5 Å². The highest BCUT2D eigenvalue weighted by Gasteiger charge is 2.29. The molecule has 3 N–H and O–H groups in total. The van der Waals surface area contributed by atoms with Crippen LogP contribution in [0.4, 0.5) is 10.2 Å². The van der Waals surface area contributed by atoms with Crippen LogP contribution in [0.25, 0.3) is 33.3 Å². The molecule has 10 rings (SSSR count). The number of hydrogen-bond acceptors (Lipinski definition) is 13. The number of rotatable bonds is 15. The first-order valence-corrected chi connectivity index (χ1v) is 28.7. The number of carbonyl (C=O) groups is 2. The van der Waals surface area contributed by atoms with Gasteiger partial charge in [-0.05, 0) is 135 Å². The summed E-state index contributed by atoms with van der Waals surface area (Å²) in [5.74, 6) is 0.592. The van der Waals surface area contributed by atoms with E-state index in [2.05, 4.69) is 25.6 Å². The molecule has 2 amide bonds. The second kappa shape index (κ2) is 21.5. The molecule has 2 aromatic heterocycles. The summed E-state index contributed by atoms with van der Waals surface area (Å²) < 4.78 is 87.3. The van der Waals surface area contributed by atoms with Crippen molar-refractivity contribution in [2.75, 3.05) is 63.3 Å². The van der Waals surface area contributed by atoms with Gasteiger partial charge in [0.2, 0.25) is 0 Å². The van der Waals surface area contributed by atoms with Crippen LogP contribution >= 0.6 is 0 Å². The van der Waals surface area contributed by atoms with E-state index in [1.807, 2.05) is 73.7 Å². The van der Waals surface area contributed by atoms with Gasteiger partial charge in [0, 0.05) is 71.5 Å².